The number of hydrogen-bond donors (Lipinski definition) is 2. The highest BCUT2D eigenvalue weighted by Crippen LogP contribution is 2.30. The summed E-state index contributed by atoms with van der Waals surface area (Å²) >= 11 is 0. The quantitative estimate of drug-likeness (QED) is 0.808. The minimum Gasteiger partial charge on any atom is -0.354 e. The Morgan fingerprint density at radius 1 is 1.42 bits per heavy atom. The van der Waals surface area contributed by atoms with Crippen molar-refractivity contribution in [3.63, 3.8) is 0 Å². The van der Waals surface area contributed by atoms with Gasteiger partial charge in [-0.25, -0.2) is 0 Å². The normalized spacial score (nSPS) is 31.9. The maximum atomic E-state index is 12.4. The molecular formula is C15H29N3O. The second kappa shape index (κ2) is 6.23. The van der Waals surface area contributed by atoms with Crippen molar-refractivity contribution >= 4 is 5.91 Å². The number of carbonyl (C=O) groups is 1. The van der Waals surface area contributed by atoms with E-state index >= 15 is 0 Å². The van der Waals surface area contributed by atoms with Crippen LogP contribution in [0.4, 0.5) is 0 Å². The maximum Gasteiger partial charge on any atom is 0.237 e. The van der Waals surface area contributed by atoms with Gasteiger partial charge in [0, 0.05) is 13.1 Å². The van der Waals surface area contributed by atoms with Crippen molar-refractivity contribution < 1.29 is 4.79 Å². The fourth-order valence-corrected chi connectivity index (χ4v) is 3.45. The van der Waals surface area contributed by atoms with Crippen LogP contribution in [0.25, 0.3) is 0 Å². The third-order valence-corrected chi connectivity index (χ3v) is 4.68. The Labute approximate surface area is 117 Å². The van der Waals surface area contributed by atoms with Crippen molar-refractivity contribution in [2.24, 2.45) is 11.3 Å². The minimum atomic E-state index is -0.0254. The van der Waals surface area contributed by atoms with Gasteiger partial charge in [0.1, 0.15) is 0 Å². The number of rotatable bonds is 3. The van der Waals surface area contributed by atoms with E-state index in [4.69, 9.17) is 0 Å². The molecule has 2 atom stereocenters. The fraction of sp³-hybridized carbons (Fsp3) is 0.933. The van der Waals surface area contributed by atoms with Gasteiger partial charge in [-0.05, 0) is 57.2 Å². The lowest BCUT2D eigenvalue weighted by Crippen LogP contribution is -2.56. The van der Waals surface area contributed by atoms with Gasteiger partial charge in [-0.1, -0.05) is 13.8 Å². The lowest BCUT2D eigenvalue weighted by molar-refractivity contribution is -0.127. The van der Waals surface area contributed by atoms with E-state index in [9.17, 15) is 4.79 Å². The Balaban J connectivity index is 1.80. The largest absolute Gasteiger partial charge is 0.354 e. The summed E-state index contributed by atoms with van der Waals surface area (Å²) in [5.74, 6) is 0.812. The first-order valence-electron chi connectivity index (χ1n) is 7.69. The molecule has 0 radical (unpaired) electrons. The Kier molecular flexibility index (Phi) is 4.85. The molecule has 0 aromatic carbocycles. The smallest absolute Gasteiger partial charge is 0.237 e. The molecule has 0 aliphatic carbocycles. The van der Waals surface area contributed by atoms with Gasteiger partial charge in [0.05, 0.1) is 6.04 Å². The van der Waals surface area contributed by atoms with E-state index in [1.807, 2.05) is 0 Å². The van der Waals surface area contributed by atoms with E-state index in [1.165, 1.54) is 25.8 Å². The monoisotopic (exact) mass is 267 g/mol. The molecule has 19 heavy (non-hydrogen) atoms. The van der Waals surface area contributed by atoms with E-state index in [0.29, 0.717) is 5.92 Å². The highest BCUT2D eigenvalue weighted by Gasteiger charge is 2.37. The van der Waals surface area contributed by atoms with Crippen molar-refractivity contribution in [3.05, 3.63) is 0 Å². The van der Waals surface area contributed by atoms with Gasteiger partial charge >= 0.3 is 0 Å². The topological polar surface area (TPSA) is 44.4 Å². The van der Waals surface area contributed by atoms with E-state index in [2.05, 4.69) is 36.4 Å². The first kappa shape index (κ1) is 14.8. The summed E-state index contributed by atoms with van der Waals surface area (Å²) in [5.41, 5.74) is 0.0751. The summed E-state index contributed by atoms with van der Waals surface area (Å²) < 4.78 is 0. The molecule has 2 unspecified atom stereocenters. The summed E-state index contributed by atoms with van der Waals surface area (Å²) in [4.78, 5) is 14.7. The van der Waals surface area contributed by atoms with E-state index < -0.39 is 0 Å². The predicted molar refractivity (Wildman–Crippen MR) is 78.0 cm³/mol. The van der Waals surface area contributed by atoms with Crippen LogP contribution in [0.5, 0.6) is 0 Å². The van der Waals surface area contributed by atoms with Crippen LogP contribution in [-0.2, 0) is 4.79 Å². The van der Waals surface area contributed by atoms with Gasteiger partial charge < -0.3 is 15.5 Å². The SMILES string of the molecule is CN1CCCC(CNC(=O)C2NCCCC2(C)C)C1. The summed E-state index contributed by atoms with van der Waals surface area (Å²) in [6, 6.07) is -0.0254. The molecule has 4 heteroatoms. The minimum absolute atomic E-state index is 0.0254. The van der Waals surface area contributed by atoms with Crippen LogP contribution in [0.2, 0.25) is 0 Å². The lowest BCUT2D eigenvalue weighted by atomic mass is 9.77. The molecule has 4 nitrogen and oxygen atoms in total. The molecule has 2 saturated heterocycles. The Morgan fingerprint density at radius 3 is 2.89 bits per heavy atom. The third-order valence-electron chi connectivity index (χ3n) is 4.68. The van der Waals surface area contributed by atoms with Crippen LogP contribution in [0.3, 0.4) is 0 Å². The van der Waals surface area contributed by atoms with Crippen molar-refractivity contribution in [3.8, 4) is 0 Å². The van der Waals surface area contributed by atoms with Crippen LogP contribution >= 0.6 is 0 Å². The summed E-state index contributed by atoms with van der Waals surface area (Å²) in [6.45, 7) is 8.49. The van der Waals surface area contributed by atoms with Crippen molar-refractivity contribution in [1.82, 2.24) is 15.5 Å². The second-order valence-corrected chi connectivity index (χ2v) is 6.99. The molecule has 0 bridgehead atoms. The van der Waals surface area contributed by atoms with Gasteiger partial charge in [0.2, 0.25) is 5.91 Å². The molecular weight excluding hydrogens is 238 g/mol. The first-order valence-corrected chi connectivity index (χ1v) is 7.69. The van der Waals surface area contributed by atoms with E-state index in [1.54, 1.807) is 0 Å². The maximum absolute atomic E-state index is 12.4. The molecule has 110 valence electrons. The molecule has 2 aliphatic rings. The van der Waals surface area contributed by atoms with E-state index in [0.717, 1.165) is 26.1 Å². The second-order valence-electron chi connectivity index (χ2n) is 6.99. The molecule has 2 N–H and O–H groups in total. The van der Waals surface area contributed by atoms with Crippen molar-refractivity contribution in [2.75, 3.05) is 33.2 Å². The van der Waals surface area contributed by atoms with Gasteiger partial charge in [0.25, 0.3) is 0 Å². The number of hydrogen-bond acceptors (Lipinski definition) is 3. The summed E-state index contributed by atoms with van der Waals surface area (Å²) in [7, 11) is 2.17. The molecule has 0 aromatic heterocycles. The Morgan fingerprint density at radius 2 is 2.21 bits per heavy atom. The zero-order valence-corrected chi connectivity index (χ0v) is 12.7. The van der Waals surface area contributed by atoms with Gasteiger partial charge in [0.15, 0.2) is 0 Å². The predicted octanol–water partition coefficient (Wildman–Crippen LogP) is 1.22. The van der Waals surface area contributed by atoms with Crippen LogP contribution in [0.15, 0.2) is 0 Å². The molecule has 2 aliphatic heterocycles. The van der Waals surface area contributed by atoms with Gasteiger partial charge in [-0.2, -0.15) is 0 Å². The molecule has 2 heterocycles. The molecule has 2 rings (SSSR count). The standard InChI is InChI=1S/C15H29N3O/c1-15(2)7-5-8-16-13(15)14(19)17-10-12-6-4-9-18(3)11-12/h12-13,16H,4-11H2,1-3H3,(H,17,19). The highest BCUT2D eigenvalue weighted by molar-refractivity contribution is 5.82. The fourth-order valence-electron chi connectivity index (χ4n) is 3.45. The van der Waals surface area contributed by atoms with Crippen LogP contribution in [0.1, 0.15) is 39.5 Å². The zero-order valence-electron chi connectivity index (χ0n) is 12.7. The Hall–Kier alpha value is -0.610. The van der Waals surface area contributed by atoms with Crippen LogP contribution in [-0.4, -0.2) is 50.1 Å². The van der Waals surface area contributed by atoms with Crippen molar-refractivity contribution in [2.45, 2.75) is 45.6 Å². The van der Waals surface area contributed by atoms with Gasteiger partial charge in [-0.3, -0.25) is 4.79 Å². The summed E-state index contributed by atoms with van der Waals surface area (Å²) in [5, 5.41) is 6.55. The molecule has 0 spiro atoms. The van der Waals surface area contributed by atoms with Crippen molar-refractivity contribution in [1.29, 1.82) is 0 Å². The number of nitrogens with zero attached hydrogens (tertiary/aromatic N) is 1. The molecule has 0 saturated carbocycles. The Bertz CT molecular complexity index is 317. The number of likely N-dealkylation sites (tertiary alicyclic amines) is 1. The average Bonchev–Trinajstić information content (AvgIpc) is 2.35. The number of piperidine rings is 2. The molecule has 0 aromatic rings. The number of carbonyl (C=O) groups excluding carboxylic acids is 1. The lowest BCUT2D eigenvalue weighted by Gasteiger charge is -2.38. The van der Waals surface area contributed by atoms with Crippen LogP contribution < -0.4 is 10.6 Å². The molecule has 1 amide bonds. The van der Waals surface area contributed by atoms with Crippen LogP contribution in [0, 0.1) is 11.3 Å². The first-order chi connectivity index (χ1) is 8.99. The average molecular weight is 267 g/mol. The number of nitrogens with one attached hydrogen (secondary N) is 2. The number of amides is 1. The zero-order chi connectivity index (χ0) is 13.9. The highest BCUT2D eigenvalue weighted by atomic mass is 16.2. The molecule has 2 fully saturated rings. The third kappa shape index (κ3) is 3.93. The summed E-state index contributed by atoms with van der Waals surface area (Å²) in [6.07, 6.45) is 4.80. The van der Waals surface area contributed by atoms with Gasteiger partial charge in [-0.15, -0.1) is 0 Å². The van der Waals surface area contributed by atoms with E-state index in [-0.39, 0.29) is 17.4 Å².